The molecule has 3 heteroatoms. The first-order valence-corrected chi connectivity index (χ1v) is 5.70. The van der Waals surface area contributed by atoms with E-state index in [4.69, 9.17) is 0 Å². The summed E-state index contributed by atoms with van der Waals surface area (Å²) in [6, 6.07) is 3.99. The Kier molecular flexibility index (Phi) is 1.92. The van der Waals surface area contributed by atoms with Crippen LogP contribution in [0.5, 0.6) is 5.75 Å². The maximum Gasteiger partial charge on any atom is 0.235 e. The normalized spacial score (nSPS) is 20.0. The summed E-state index contributed by atoms with van der Waals surface area (Å²) in [7, 11) is 0. The molecule has 1 aromatic rings. The SMILES string of the molecule is O=C=NC1(c2ccc3c(c2O)CCC3)CC1. The van der Waals surface area contributed by atoms with E-state index in [1.807, 2.05) is 6.07 Å². The molecule has 3 rings (SSSR count). The van der Waals surface area contributed by atoms with E-state index < -0.39 is 5.54 Å². The molecule has 0 heterocycles. The lowest BCUT2D eigenvalue weighted by Crippen LogP contribution is -2.04. The fourth-order valence-corrected chi connectivity index (χ4v) is 2.67. The lowest BCUT2D eigenvalue weighted by Gasteiger charge is -2.13. The summed E-state index contributed by atoms with van der Waals surface area (Å²) in [5.41, 5.74) is 2.66. The van der Waals surface area contributed by atoms with Gasteiger partial charge >= 0.3 is 0 Å². The third-order valence-electron chi connectivity index (χ3n) is 3.74. The quantitative estimate of drug-likeness (QED) is 0.607. The van der Waals surface area contributed by atoms with Crippen LogP contribution in [0.1, 0.15) is 36.0 Å². The monoisotopic (exact) mass is 215 g/mol. The Morgan fingerprint density at radius 2 is 2.12 bits per heavy atom. The van der Waals surface area contributed by atoms with Gasteiger partial charge in [-0.2, -0.15) is 4.99 Å². The van der Waals surface area contributed by atoms with E-state index in [0.717, 1.165) is 43.2 Å². The van der Waals surface area contributed by atoms with Gasteiger partial charge in [0, 0.05) is 5.56 Å². The minimum absolute atomic E-state index is 0.367. The molecule has 1 aromatic carbocycles. The van der Waals surface area contributed by atoms with Gasteiger partial charge in [0.25, 0.3) is 0 Å². The Labute approximate surface area is 93.8 Å². The zero-order valence-corrected chi connectivity index (χ0v) is 8.99. The summed E-state index contributed by atoms with van der Waals surface area (Å²) >= 11 is 0. The molecule has 0 amide bonds. The van der Waals surface area contributed by atoms with Crippen LogP contribution in [-0.2, 0) is 23.2 Å². The number of carbonyl (C=O) groups excluding carboxylic acids is 1. The maximum atomic E-state index is 10.4. The van der Waals surface area contributed by atoms with Crippen molar-refractivity contribution < 1.29 is 9.90 Å². The van der Waals surface area contributed by atoms with E-state index in [2.05, 4.69) is 11.1 Å². The second kappa shape index (κ2) is 3.19. The van der Waals surface area contributed by atoms with Crippen molar-refractivity contribution in [2.45, 2.75) is 37.6 Å². The van der Waals surface area contributed by atoms with E-state index in [9.17, 15) is 9.90 Å². The van der Waals surface area contributed by atoms with Gasteiger partial charge in [0.15, 0.2) is 0 Å². The van der Waals surface area contributed by atoms with Crippen molar-refractivity contribution in [3.63, 3.8) is 0 Å². The van der Waals surface area contributed by atoms with E-state index in [0.29, 0.717) is 5.75 Å². The number of rotatable bonds is 2. The number of nitrogens with zero attached hydrogens (tertiary/aromatic N) is 1. The summed E-state index contributed by atoms with van der Waals surface area (Å²) in [6.07, 6.45) is 6.41. The van der Waals surface area contributed by atoms with Crippen LogP contribution >= 0.6 is 0 Å². The number of hydrogen-bond donors (Lipinski definition) is 1. The van der Waals surface area contributed by atoms with Crippen molar-refractivity contribution in [3.8, 4) is 5.75 Å². The minimum Gasteiger partial charge on any atom is -0.507 e. The fourth-order valence-electron chi connectivity index (χ4n) is 2.67. The van der Waals surface area contributed by atoms with Crippen LogP contribution in [0.4, 0.5) is 0 Å². The first kappa shape index (κ1) is 9.61. The molecule has 2 aliphatic rings. The Morgan fingerprint density at radius 1 is 1.31 bits per heavy atom. The smallest absolute Gasteiger partial charge is 0.235 e. The molecule has 1 saturated carbocycles. The predicted octanol–water partition coefficient (Wildman–Crippen LogP) is 2.21. The molecular weight excluding hydrogens is 202 g/mol. The number of benzene rings is 1. The lowest BCUT2D eigenvalue weighted by atomic mass is 9.98. The van der Waals surface area contributed by atoms with E-state index in [1.54, 1.807) is 6.08 Å². The summed E-state index contributed by atoms with van der Waals surface area (Å²) in [5, 5.41) is 10.2. The molecule has 0 bridgehead atoms. The third-order valence-corrected chi connectivity index (χ3v) is 3.74. The number of aliphatic imine (C=N–C) groups is 1. The first-order valence-electron chi connectivity index (χ1n) is 5.70. The summed E-state index contributed by atoms with van der Waals surface area (Å²) in [4.78, 5) is 14.3. The van der Waals surface area contributed by atoms with Gasteiger partial charge in [-0.25, -0.2) is 4.79 Å². The Morgan fingerprint density at radius 3 is 2.81 bits per heavy atom. The van der Waals surface area contributed by atoms with Crippen molar-refractivity contribution in [1.82, 2.24) is 0 Å². The first-order chi connectivity index (χ1) is 7.77. The van der Waals surface area contributed by atoms with Gasteiger partial charge in [0.1, 0.15) is 11.3 Å². The Bertz CT molecular complexity index is 497. The van der Waals surface area contributed by atoms with Crippen LogP contribution in [0.25, 0.3) is 0 Å². The zero-order valence-electron chi connectivity index (χ0n) is 8.99. The molecule has 0 aliphatic heterocycles. The molecule has 0 atom stereocenters. The number of phenols is 1. The average Bonchev–Trinajstić information content (AvgIpc) is 2.89. The second-order valence-electron chi connectivity index (χ2n) is 4.69. The van der Waals surface area contributed by atoms with Crippen LogP contribution in [0.2, 0.25) is 0 Å². The van der Waals surface area contributed by atoms with Crippen LogP contribution in [0.3, 0.4) is 0 Å². The van der Waals surface area contributed by atoms with Gasteiger partial charge < -0.3 is 5.11 Å². The largest absolute Gasteiger partial charge is 0.507 e. The fraction of sp³-hybridized carbons (Fsp3) is 0.462. The van der Waals surface area contributed by atoms with E-state index in [1.165, 1.54) is 5.56 Å². The van der Waals surface area contributed by atoms with Crippen LogP contribution in [-0.4, -0.2) is 11.2 Å². The number of fused-ring (bicyclic) bond motifs is 1. The topological polar surface area (TPSA) is 49.7 Å². The Balaban J connectivity index is 2.13. The van der Waals surface area contributed by atoms with Crippen molar-refractivity contribution in [2.75, 3.05) is 0 Å². The Hall–Kier alpha value is -1.60. The molecule has 0 aromatic heterocycles. The zero-order chi connectivity index (χ0) is 11.2. The molecule has 3 nitrogen and oxygen atoms in total. The number of aromatic hydroxyl groups is 1. The van der Waals surface area contributed by atoms with Crippen LogP contribution < -0.4 is 0 Å². The summed E-state index contributed by atoms with van der Waals surface area (Å²) in [6.45, 7) is 0. The molecule has 2 aliphatic carbocycles. The summed E-state index contributed by atoms with van der Waals surface area (Å²) in [5.74, 6) is 0.367. The van der Waals surface area contributed by atoms with Gasteiger partial charge in [-0.1, -0.05) is 12.1 Å². The highest BCUT2D eigenvalue weighted by atomic mass is 16.3. The minimum atomic E-state index is -0.455. The van der Waals surface area contributed by atoms with Crippen LogP contribution in [0.15, 0.2) is 17.1 Å². The highest BCUT2D eigenvalue weighted by Crippen LogP contribution is 2.53. The number of isocyanates is 1. The van der Waals surface area contributed by atoms with E-state index >= 15 is 0 Å². The molecule has 82 valence electrons. The second-order valence-corrected chi connectivity index (χ2v) is 4.69. The van der Waals surface area contributed by atoms with Crippen molar-refractivity contribution in [3.05, 3.63) is 28.8 Å². The highest BCUT2D eigenvalue weighted by Gasteiger charge is 2.47. The maximum absolute atomic E-state index is 10.4. The van der Waals surface area contributed by atoms with Gasteiger partial charge in [-0.3, -0.25) is 0 Å². The molecule has 0 radical (unpaired) electrons. The molecule has 0 unspecified atom stereocenters. The van der Waals surface area contributed by atoms with Gasteiger partial charge in [-0.05, 0) is 43.2 Å². The summed E-state index contributed by atoms with van der Waals surface area (Å²) < 4.78 is 0. The number of aryl methyl sites for hydroxylation is 1. The molecule has 0 spiro atoms. The number of phenolic OH excluding ortho intramolecular Hbond substituents is 1. The highest BCUT2D eigenvalue weighted by molar-refractivity contribution is 5.53. The molecule has 0 saturated heterocycles. The molecular formula is C13H13NO2. The van der Waals surface area contributed by atoms with Crippen molar-refractivity contribution >= 4 is 6.08 Å². The molecule has 16 heavy (non-hydrogen) atoms. The standard InChI is InChI=1S/C13H13NO2/c15-8-14-13(6-7-13)11-5-4-9-2-1-3-10(9)12(11)16/h4-5,16H,1-3,6-7H2. The van der Waals surface area contributed by atoms with Crippen molar-refractivity contribution in [1.29, 1.82) is 0 Å². The number of hydrogen-bond acceptors (Lipinski definition) is 3. The predicted molar refractivity (Wildman–Crippen MR) is 59.2 cm³/mol. The molecule has 1 fully saturated rings. The van der Waals surface area contributed by atoms with Gasteiger partial charge in [0.2, 0.25) is 6.08 Å². The van der Waals surface area contributed by atoms with Crippen LogP contribution in [0, 0.1) is 0 Å². The average molecular weight is 215 g/mol. The molecule has 1 N–H and O–H groups in total. The van der Waals surface area contributed by atoms with Gasteiger partial charge in [0.05, 0.1) is 0 Å². The van der Waals surface area contributed by atoms with Gasteiger partial charge in [-0.15, -0.1) is 0 Å². The third kappa shape index (κ3) is 1.22. The van der Waals surface area contributed by atoms with Crippen molar-refractivity contribution in [2.24, 2.45) is 4.99 Å². The lowest BCUT2D eigenvalue weighted by molar-refractivity contribution is 0.453. The van der Waals surface area contributed by atoms with E-state index in [-0.39, 0.29) is 0 Å².